The third kappa shape index (κ3) is 4.67. The fourth-order valence-corrected chi connectivity index (χ4v) is 1.78. The smallest absolute Gasteiger partial charge is 0.460 e. The molecule has 5 nitrogen and oxygen atoms in total. The number of aliphatic hydroxyl groups is 1. The monoisotopic (exact) mass is 452 g/mol. The second-order valence-electron chi connectivity index (χ2n) is 5.67. The Bertz CT molecular complexity index is 831. The molecule has 1 rings (SSSR count). The van der Waals surface area contributed by atoms with Crippen LogP contribution in [-0.2, 0) is 9.53 Å². The second kappa shape index (κ2) is 8.52. The minimum Gasteiger partial charge on any atom is -0.504 e. The molecular formula is C16H13F9N2O3. The molecule has 0 aromatic heterocycles. The third-order valence-corrected chi connectivity index (χ3v) is 3.43. The van der Waals surface area contributed by atoms with Crippen molar-refractivity contribution in [1.82, 2.24) is 0 Å². The summed E-state index contributed by atoms with van der Waals surface area (Å²) in [6.45, 7) is 2.19. The van der Waals surface area contributed by atoms with Crippen LogP contribution < -0.4 is 0 Å². The van der Waals surface area contributed by atoms with Crippen molar-refractivity contribution in [1.29, 1.82) is 0 Å². The van der Waals surface area contributed by atoms with E-state index in [0.29, 0.717) is 5.56 Å². The molecule has 0 aliphatic heterocycles. The Hall–Kier alpha value is -2.80. The summed E-state index contributed by atoms with van der Waals surface area (Å²) in [5.41, 5.74) is -1.55. The van der Waals surface area contributed by atoms with Crippen LogP contribution in [0.1, 0.15) is 12.5 Å². The van der Waals surface area contributed by atoms with Crippen LogP contribution in [0.3, 0.4) is 0 Å². The molecule has 0 bridgehead atoms. The lowest BCUT2D eigenvalue weighted by Gasteiger charge is -2.33. The lowest BCUT2D eigenvalue weighted by Crippen LogP contribution is -2.61. The zero-order valence-corrected chi connectivity index (χ0v) is 15.1. The van der Waals surface area contributed by atoms with E-state index < -0.39 is 48.0 Å². The molecule has 0 aliphatic carbocycles. The van der Waals surface area contributed by atoms with Gasteiger partial charge in [0, 0.05) is 0 Å². The number of allylic oxidation sites excluding steroid dienone is 1. The van der Waals surface area contributed by atoms with Crippen LogP contribution in [0.4, 0.5) is 45.2 Å². The Kier molecular flexibility index (Phi) is 7.16. The molecule has 168 valence electrons. The topological polar surface area (TPSA) is 71.2 Å². The molecule has 0 fully saturated rings. The van der Waals surface area contributed by atoms with Gasteiger partial charge < -0.3 is 9.84 Å². The van der Waals surface area contributed by atoms with Crippen LogP contribution in [0.2, 0.25) is 0 Å². The number of esters is 1. The molecule has 0 amide bonds. The molecule has 0 radical (unpaired) electrons. The maximum atomic E-state index is 13.9. The van der Waals surface area contributed by atoms with Gasteiger partial charge in [0.05, 0.1) is 12.3 Å². The molecule has 0 spiro atoms. The van der Waals surface area contributed by atoms with Crippen molar-refractivity contribution in [3.63, 3.8) is 0 Å². The quantitative estimate of drug-likeness (QED) is 0.185. The zero-order chi connectivity index (χ0) is 23.5. The molecule has 14 heteroatoms. The summed E-state index contributed by atoms with van der Waals surface area (Å²) in [7, 11) is 0. The maximum absolute atomic E-state index is 13.9. The van der Waals surface area contributed by atoms with Gasteiger partial charge in [-0.25, -0.2) is 4.79 Å². The van der Waals surface area contributed by atoms with Gasteiger partial charge in [-0.05, 0) is 26.0 Å². The minimum absolute atomic E-state index is 0.161. The molecule has 0 aliphatic rings. The number of aliphatic hydroxyl groups excluding tert-OH is 1. The van der Waals surface area contributed by atoms with Gasteiger partial charge in [-0.1, -0.05) is 17.7 Å². The van der Waals surface area contributed by atoms with E-state index in [-0.39, 0.29) is 5.69 Å². The number of benzene rings is 1. The maximum Gasteiger partial charge on any atom is 0.460 e. The van der Waals surface area contributed by atoms with Gasteiger partial charge in [-0.2, -0.15) is 44.6 Å². The Labute approximate surface area is 162 Å². The molecule has 0 unspecified atom stereocenters. The van der Waals surface area contributed by atoms with Crippen molar-refractivity contribution in [2.24, 2.45) is 10.2 Å². The fraction of sp³-hybridized carbons (Fsp3) is 0.438. The van der Waals surface area contributed by atoms with Gasteiger partial charge in [0.25, 0.3) is 0 Å². The number of aryl methyl sites for hydroxylation is 1. The van der Waals surface area contributed by atoms with Crippen molar-refractivity contribution in [3.8, 4) is 0 Å². The number of azo groups is 1. The summed E-state index contributed by atoms with van der Waals surface area (Å²) in [4.78, 5) is 11.7. The largest absolute Gasteiger partial charge is 0.504 e. The van der Waals surface area contributed by atoms with Crippen molar-refractivity contribution in [2.75, 3.05) is 6.61 Å². The molecule has 30 heavy (non-hydrogen) atoms. The Balaban J connectivity index is 3.59. The van der Waals surface area contributed by atoms with Gasteiger partial charge in [-0.3, -0.25) is 0 Å². The number of nitrogens with zero attached hydrogens (tertiary/aromatic N) is 2. The second-order valence-corrected chi connectivity index (χ2v) is 5.67. The van der Waals surface area contributed by atoms with Gasteiger partial charge in [0.15, 0.2) is 0 Å². The van der Waals surface area contributed by atoms with Gasteiger partial charge in [0.1, 0.15) is 0 Å². The first-order valence-electron chi connectivity index (χ1n) is 7.80. The summed E-state index contributed by atoms with van der Waals surface area (Å²) in [6.07, 6.45) is -7.10. The highest BCUT2D eigenvalue weighted by molar-refractivity contribution is 5.88. The third-order valence-electron chi connectivity index (χ3n) is 3.43. The van der Waals surface area contributed by atoms with Crippen LogP contribution >= 0.6 is 0 Å². The van der Waals surface area contributed by atoms with Crippen LogP contribution in [0.25, 0.3) is 0 Å². The van der Waals surface area contributed by atoms with Crippen LogP contribution in [0, 0.1) is 6.92 Å². The molecular weight excluding hydrogens is 439 g/mol. The van der Waals surface area contributed by atoms with E-state index in [1.165, 1.54) is 24.3 Å². The van der Waals surface area contributed by atoms with Crippen molar-refractivity contribution in [2.45, 2.75) is 37.8 Å². The predicted molar refractivity (Wildman–Crippen MR) is 82.9 cm³/mol. The Morgan fingerprint density at radius 3 is 1.90 bits per heavy atom. The fourth-order valence-electron chi connectivity index (χ4n) is 1.78. The van der Waals surface area contributed by atoms with E-state index in [9.17, 15) is 49.4 Å². The number of alkyl halides is 9. The highest BCUT2D eigenvalue weighted by atomic mass is 19.4. The number of hydrogen-bond donors (Lipinski definition) is 1. The number of rotatable bonds is 7. The normalized spacial score (nSPS) is 14.6. The highest BCUT2D eigenvalue weighted by Crippen LogP contribution is 2.55. The molecule has 0 saturated carbocycles. The number of halogens is 9. The molecule has 1 aromatic rings. The summed E-state index contributed by atoms with van der Waals surface area (Å²) in [6, 6.07) is 5.27. The highest BCUT2D eigenvalue weighted by Gasteiger charge is 2.83. The molecule has 1 aromatic carbocycles. The van der Waals surface area contributed by atoms with E-state index in [0.717, 1.165) is 6.92 Å². The Morgan fingerprint density at radius 2 is 1.47 bits per heavy atom. The van der Waals surface area contributed by atoms with Gasteiger partial charge >= 0.3 is 29.9 Å². The molecule has 1 N–H and O–H groups in total. The van der Waals surface area contributed by atoms with Crippen molar-refractivity contribution < 1.29 is 54.2 Å². The first-order valence-corrected chi connectivity index (χ1v) is 7.80. The average Bonchev–Trinajstić information content (AvgIpc) is 2.62. The molecule has 0 atom stereocenters. The zero-order valence-electron chi connectivity index (χ0n) is 15.1. The molecule has 0 heterocycles. The lowest BCUT2D eigenvalue weighted by molar-refractivity contribution is -0.392. The summed E-state index contributed by atoms with van der Waals surface area (Å²) >= 11 is 0. The van der Waals surface area contributed by atoms with E-state index in [2.05, 4.69) is 15.0 Å². The van der Waals surface area contributed by atoms with Crippen LogP contribution in [0.5, 0.6) is 0 Å². The summed E-state index contributed by atoms with van der Waals surface area (Å²) < 4.78 is 122. The Morgan fingerprint density at radius 1 is 0.967 bits per heavy atom. The van der Waals surface area contributed by atoms with Crippen LogP contribution in [-0.4, -0.2) is 41.6 Å². The predicted octanol–water partition coefficient (Wildman–Crippen LogP) is 5.88. The SMILES string of the molecule is CCOC(=O)C(N=Nc1ccc(C)cc1)=C(O)C(F)(F)C(F)(F)C(F)(F)C(F)(F)F. The van der Waals surface area contributed by atoms with E-state index in [4.69, 9.17) is 0 Å². The number of carbonyl (C=O) groups is 1. The van der Waals surface area contributed by atoms with E-state index in [1.54, 1.807) is 6.92 Å². The van der Waals surface area contributed by atoms with Gasteiger partial charge in [-0.15, -0.1) is 5.11 Å². The average molecular weight is 452 g/mol. The summed E-state index contributed by atoms with van der Waals surface area (Å²) in [5.74, 6) is -26.2. The van der Waals surface area contributed by atoms with Gasteiger partial charge in [0.2, 0.25) is 11.5 Å². The first kappa shape index (κ1) is 25.2. The first-order chi connectivity index (χ1) is 13.5. The van der Waals surface area contributed by atoms with Crippen LogP contribution in [0.15, 0.2) is 46.0 Å². The standard InChI is InChI=1S/C16H13F9N2O3/c1-3-30-12(29)10(27-26-9-6-4-8(2)5-7-9)11(28)13(17,18)14(19,20)15(21,22)16(23,24)25/h4-7,28H,3H2,1-2H3. The van der Waals surface area contributed by atoms with Crippen molar-refractivity contribution in [3.05, 3.63) is 41.3 Å². The summed E-state index contributed by atoms with van der Waals surface area (Å²) in [5, 5.41) is 15.4. The molecule has 0 saturated heterocycles. The van der Waals surface area contributed by atoms with E-state index in [1.807, 2.05) is 0 Å². The number of carbonyl (C=O) groups excluding carboxylic acids is 1. The number of hydrogen-bond acceptors (Lipinski definition) is 5. The van der Waals surface area contributed by atoms with E-state index >= 15 is 0 Å². The van der Waals surface area contributed by atoms with Crippen molar-refractivity contribution >= 4 is 11.7 Å². The minimum atomic E-state index is -7.27. The number of ether oxygens (including phenoxy) is 1. The lowest BCUT2D eigenvalue weighted by atomic mass is 10.0.